The molecule has 0 spiro atoms. The molecule has 6 nitrogen and oxygen atoms in total. The first kappa shape index (κ1) is 16.7. The number of nitrogens with zero attached hydrogens (tertiary/aromatic N) is 3. The first-order chi connectivity index (χ1) is 12.3. The summed E-state index contributed by atoms with van der Waals surface area (Å²) in [6.45, 7) is 6.41. The molecule has 0 fully saturated rings. The van der Waals surface area contributed by atoms with Crippen molar-refractivity contribution >= 4 is 22.6 Å². The second-order valence-corrected chi connectivity index (χ2v) is 7.88. The lowest BCUT2D eigenvalue weighted by molar-refractivity contribution is 0.358. The van der Waals surface area contributed by atoms with Gasteiger partial charge in [-0.2, -0.15) is 5.10 Å². The summed E-state index contributed by atoms with van der Waals surface area (Å²) in [5.74, 6) is 0.964. The Balaban J connectivity index is 1.72. The molecule has 1 aromatic carbocycles. The van der Waals surface area contributed by atoms with Crippen LogP contribution in [0.25, 0.3) is 11.1 Å². The molecule has 0 unspecified atom stereocenters. The van der Waals surface area contributed by atoms with E-state index in [1.165, 1.54) is 4.57 Å². The van der Waals surface area contributed by atoms with Gasteiger partial charge in [-0.1, -0.05) is 12.2 Å². The van der Waals surface area contributed by atoms with Crippen LogP contribution >= 0.6 is 0 Å². The summed E-state index contributed by atoms with van der Waals surface area (Å²) in [5.41, 5.74) is 3.16. The molecule has 4 rings (SSSR count). The second kappa shape index (κ2) is 5.90. The van der Waals surface area contributed by atoms with Crippen LogP contribution in [-0.2, 0) is 12.6 Å². The first-order valence-electron chi connectivity index (χ1n) is 8.96. The molecule has 6 heteroatoms. The molecule has 1 N–H and O–H groups in total. The van der Waals surface area contributed by atoms with E-state index in [4.69, 9.17) is 9.52 Å². The fourth-order valence-corrected chi connectivity index (χ4v) is 3.42. The Hall–Kier alpha value is -2.76. The van der Waals surface area contributed by atoms with Gasteiger partial charge in [0.05, 0.1) is 16.7 Å². The van der Waals surface area contributed by atoms with Gasteiger partial charge in [-0.25, -0.2) is 9.48 Å². The van der Waals surface area contributed by atoms with E-state index in [1.807, 2.05) is 22.9 Å². The Kier molecular flexibility index (Phi) is 3.79. The van der Waals surface area contributed by atoms with Crippen LogP contribution in [-0.4, -0.2) is 14.3 Å². The normalized spacial score (nSPS) is 17.3. The number of hydrogen-bond acceptors (Lipinski definition) is 4. The van der Waals surface area contributed by atoms with Gasteiger partial charge in [-0.05, 0) is 45.7 Å². The quantitative estimate of drug-likeness (QED) is 0.715. The highest BCUT2D eigenvalue weighted by Crippen LogP contribution is 2.32. The smallest absolute Gasteiger partial charge is 0.408 e. The predicted octanol–water partition coefficient (Wildman–Crippen LogP) is 4.26. The minimum atomic E-state index is -0.354. The maximum atomic E-state index is 11.7. The van der Waals surface area contributed by atoms with Crippen molar-refractivity contribution in [1.82, 2.24) is 14.3 Å². The monoisotopic (exact) mass is 352 g/mol. The van der Waals surface area contributed by atoms with E-state index >= 15 is 0 Å². The molecular formula is C20H24N4O2. The van der Waals surface area contributed by atoms with E-state index in [0.717, 1.165) is 35.6 Å². The predicted molar refractivity (Wildman–Crippen MR) is 103 cm³/mol. The van der Waals surface area contributed by atoms with E-state index in [-0.39, 0.29) is 11.3 Å². The number of aromatic nitrogens is 3. The summed E-state index contributed by atoms with van der Waals surface area (Å²) in [4.78, 5) is 11.7. The molecule has 0 bridgehead atoms. The van der Waals surface area contributed by atoms with Gasteiger partial charge in [0.15, 0.2) is 5.58 Å². The van der Waals surface area contributed by atoms with E-state index in [0.29, 0.717) is 11.5 Å². The molecular weight excluding hydrogens is 328 g/mol. The van der Waals surface area contributed by atoms with Gasteiger partial charge in [-0.15, -0.1) is 0 Å². The third-order valence-electron chi connectivity index (χ3n) is 4.82. The molecule has 1 aliphatic rings. The molecule has 1 atom stereocenters. The van der Waals surface area contributed by atoms with Crippen LogP contribution in [0, 0.1) is 0 Å². The van der Waals surface area contributed by atoms with Gasteiger partial charge in [0, 0.05) is 30.8 Å². The van der Waals surface area contributed by atoms with Crippen molar-refractivity contribution < 1.29 is 4.42 Å². The van der Waals surface area contributed by atoms with Gasteiger partial charge in [0.25, 0.3) is 0 Å². The van der Waals surface area contributed by atoms with Crippen molar-refractivity contribution in [3.63, 3.8) is 0 Å². The minimum absolute atomic E-state index is 0.147. The van der Waals surface area contributed by atoms with Gasteiger partial charge < -0.3 is 9.73 Å². The zero-order chi connectivity index (χ0) is 18.5. The van der Waals surface area contributed by atoms with Crippen LogP contribution < -0.4 is 11.1 Å². The van der Waals surface area contributed by atoms with Crippen molar-refractivity contribution in [1.29, 1.82) is 0 Å². The zero-order valence-electron chi connectivity index (χ0n) is 15.6. The summed E-state index contributed by atoms with van der Waals surface area (Å²) in [5, 5.41) is 8.31. The standard InChI is InChI=1S/C20H24N4O2/c1-20(2,3)24-18(12-15(22-24)13-7-5-6-8-13)21-14-9-10-16-17(11-14)26-19(25)23(16)4/h5,7,9-13,21H,6,8H2,1-4H3/t13-/m1/s1. The minimum Gasteiger partial charge on any atom is -0.408 e. The van der Waals surface area contributed by atoms with Gasteiger partial charge in [0.1, 0.15) is 5.82 Å². The maximum absolute atomic E-state index is 11.7. The number of aryl methyl sites for hydroxylation is 1. The molecule has 1 aliphatic carbocycles. The van der Waals surface area contributed by atoms with Crippen LogP contribution in [0.2, 0.25) is 0 Å². The molecule has 26 heavy (non-hydrogen) atoms. The van der Waals surface area contributed by atoms with E-state index in [1.54, 1.807) is 7.05 Å². The molecule has 2 aromatic heterocycles. The fraction of sp³-hybridized carbons (Fsp3) is 0.400. The third-order valence-corrected chi connectivity index (χ3v) is 4.82. The Morgan fingerprint density at radius 3 is 2.77 bits per heavy atom. The van der Waals surface area contributed by atoms with Crippen LogP contribution in [0.5, 0.6) is 0 Å². The number of fused-ring (bicyclic) bond motifs is 1. The molecule has 3 aromatic rings. The molecule has 0 saturated heterocycles. The Morgan fingerprint density at radius 1 is 1.27 bits per heavy atom. The summed E-state index contributed by atoms with van der Waals surface area (Å²) in [6.07, 6.45) is 6.68. The molecule has 136 valence electrons. The van der Waals surface area contributed by atoms with Gasteiger partial charge >= 0.3 is 5.76 Å². The largest absolute Gasteiger partial charge is 0.419 e. The van der Waals surface area contributed by atoms with Gasteiger partial charge in [0.2, 0.25) is 0 Å². The van der Waals surface area contributed by atoms with Crippen LogP contribution in [0.3, 0.4) is 0 Å². The topological polar surface area (TPSA) is 65.0 Å². The van der Waals surface area contributed by atoms with Crippen LogP contribution in [0.4, 0.5) is 11.5 Å². The fourth-order valence-electron chi connectivity index (χ4n) is 3.42. The van der Waals surface area contributed by atoms with E-state index in [9.17, 15) is 4.79 Å². The number of oxazole rings is 1. The zero-order valence-corrected chi connectivity index (χ0v) is 15.6. The summed E-state index contributed by atoms with van der Waals surface area (Å²) >= 11 is 0. The Labute approximate surface area is 152 Å². The molecule has 2 heterocycles. The maximum Gasteiger partial charge on any atom is 0.419 e. The van der Waals surface area contributed by atoms with E-state index < -0.39 is 0 Å². The molecule has 0 aliphatic heterocycles. The number of allylic oxidation sites excluding steroid dienone is 2. The molecule has 0 saturated carbocycles. The Morgan fingerprint density at radius 2 is 2.08 bits per heavy atom. The van der Waals surface area contributed by atoms with Crippen molar-refractivity contribution in [3.05, 3.63) is 52.7 Å². The highest BCUT2D eigenvalue weighted by molar-refractivity contribution is 5.78. The third kappa shape index (κ3) is 2.85. The van der Waals surface area contributed by atoms with Crippen molar-refractivity contribution in [2.75, 3.05) is 5.32 Å². The Bertz CT molecular complexity index is 1050. The number of benzene rings is 1. The van der Waals surface area contributed by atoms with Crippen molar-refractivity contribution in [3.8, 4) is 0 Å². The summed E-state index contributed by atoms with van der Waals surface area (Å²) in [7, 11) is 1.71. The number of hydrogen-bond donors (Lipinski definition) is 1. The summed E-state index contributed by atoms with van der Waals surface area (Å²) in [6, 6.07) is 7.82. The number of rotatable bonds is 3. The van der Waals surface area contributed by atoms with Crippen LogP contribution in [0.1, 0.15) is 45.2 Å². The number of nitrogens with one attached hydrogen (secondary N) is 1. The molecule has 0 radical (unpaired) electrons. The second-order valence-electron chi connectivity index (χ2n) is 7.88. The first-order valence-corrected chi connectivity index (χ1v) is 8.96. The van der Waals surface area contributed by atoms with E-state index in [2.05, 4.69) is 44.3 Å². The summed E-state index contributed by atoms with van der Waals surface area (Å²) < 4.78 is 8.83. The van der Waals surface area contributed by atoms with Crippen LogP contribution in [0.15, 0.2) is 45.6 Å². The highest BCUT2D eigenvalue weighted by Gasteiger charge is 2.23. The van der Waals surface area contributed by atoms with Crippen molar-refractivity contribution in [2.45, 2.75) is 45.1 Å². The average molecular weight is 352 g/mol. The highest BCUT2D eigenvalue weighted by atomic mass is 16.4. The lowest BCUT2D eigenvalue weighted by atomic mass is 10.1. The average Bonchev–Trinajstić information content (AvgIpc) is 3.27. The SMILES string of the molecule is Cn1c(=O)oc2cc(Nc3cc([C@@H]4C=CCC4)nn3C(C)(C)C)ccc21. The lowest BCUT2D eigenvalue weighted by Crippen LogP contribution is -2.24. The molecule has 0 amide bonds. The number of anilines is 2. The lowest BCUT2D eigenvalue weighted by Gasteiger charge is -2.23. The van der Waals surface area contributed by atoms with Crippen molar-refractivity contribution in [2.24, 2.45) is 7.05 Å². The van der Waals surface area contributed by atoms with Gasteiger partial charge in [-0.3, -0.25) is 4.57 Å².